The lowest BCUT2D eigenvalue weighted by atomic mass is 9.98. The van der Waals surface area contributed by atoms with Crippen molar-refractivity contribution in [1.82, 2.24) is 36.4 Å². The molecule has 478 valence electrons. The molecule has 3 aromatic carbocycles. The molecule has 86 heavy (non-hydrogen) atoms. The molecule has 0 bridgehead atoms. The maximum Gasteiger partial charge on any atom is 0.251 e. The summed E-state index contributed by atoms with van der Waals surface area (Å²) in [6.45, 7) is 2.43. The first-order chi connectivity index (χ1) is 40.1. The lowest BCUT2D eigenvalue weighted by Gasteiger charge is -2.34. The zero-order chi connectivity index (χ0) is 61.2. The summed E-state index contributed by atoms with van der Waals surface area (Å²) in [5.74, 6) is -7.86. The van der Waals surface area contributed by atoms with Gasteiger partial charge >= 0.3 is 0 Å². The quantitative estimate of drug-likeness (QED) is 0.0510. The van der Waals surface area contributed by atoms with Crippen LogP contribution in [0.1, 0.15) is 81.1 Å². The van der Waals surface area contributed by atoms with Gasteiger partial charge in [0.2, 0.25) is 35.4 Å². The number of carbonyl (C=O) groups is 7. The number of amides is 7. The van der Waals surface area contributed by atoms with Crippen LogP contribution in [0.4, 0.5) is 0 Å². The zero-order valence-corrected chi connectivity index (χ0v) is 50.1. The van der Waals surface area contributed by atoms with E-state index in [1.54, 1.807) is 19.2 Å². The fraction of sp³-hybridized carbons (Fsp3) is 0.569. The number of carbonyl (C=O) groups excluding carboxylic acids is 7. The van der Waals surface area contributed by atoms with E-state index in [1.165, 1.54) is 37.3 Å². The molecule has 3 saturated heterocycles. The van der Waals surface area contributed by atoms with Crippen molar-refractivity contribution in [1.29, 1.82) is 0 Å². The minimum Gasteiger partial charge on any atom is -0.504 e. The third-order valence-corrected chi connectivity index (χ3v) is 15.1. The normalized spacial score (nSPS) is 25.3. The highest BCUT2D eigenvalue weighted by molar-refractivity contribution is 6.00. The third-order valence-electron chi connectivity index (χ3n) is 15.1. The topological polar surface area (TPSA) is 407 Å². The van der Waals surface area contributed by atoms with Crippen LogP contribution in [0.5, 0.6) is 17.2 Å². The van der Waals surface area contributed by atoms with E-state index in [0.717, 1.165) is 66.6 Å². The van der Waals surface area contributed by atoms with Gasteiger partial charge in [-0.2, -0.15) is 0 Å². The summed E-state index contributed by atoms with van der Waals surface area (Å²) in [6.07, 6.45) is -6.59. The SMILES string of the molecule is COCCCCCCCOc1ccc(-c2ccc(C(=O)N[C@H]3C[C@@H](O)CNC(=O)[C@@H]4[C@@H](O)[C@@H](C)CN4C(=O)[C@H]([C@H](O)CCN)NC(=O)[C@H]([C@H](O)Cc4ccc(O)c(OCCN)c4)NC(=O)[C@@H]4C[C@@H](O)CN4C(=O)[C@H]([C@@H](C)O)NC3=O)cc2)cc1.Cl.Cl. The van der Waals surface area contributed by atoms with Crippen LogP contribution in [0.15, 0.2) is 66.7 Å². The Morgan fingerprint density at radius 2 is 1.30 bits per heavy atom. The number of fused-ring (bicyclic) bond motifs is 2. The van der Waals surface area contributed by atoms with Crippen molar-refractivity contribution in [2.24, 2.45) is 17.4 Å². The van der Waals surface area contributed by atoms with Crippen LogP contribution in [-0.2, 0) is 39.9 Å². The maximum absolute atomic E-state index is 14.7. The van der Waals surface area contributed by atoms with Gasteiger partial charge in [-0.15, -0.1) is 24.8 Å². The number of β-amino-alcohol motifs (C(OH)–C–C–N with tert-alkyl or cyclic N) is 1. The number of halogens is 2. The number of nitrogens with one attached hydrogen (secondary N) is 5. The van der Waals surface area contributed by atoms with Crippen molar-refractivity contribution < 1.29 is 83.5 Å². The highest BCUT2D eigenvalue weighted by Gasteiger charge is 2.49. The zero-order valence-electron chi connectivity index (χ0n) is 48.5. The molecule has 7 amide bonds. The molecule has 3 fully saturated rings. The van der Waals surface area contributed by atoms with Crippen LogP contribution in [0.25, 0.3) is 11.1 Å². The van der Waals surface area contributed by atoms with Crippen LogP contribution < -0.4 is 47.5 Å². The second-order valence-corrected chi connectivity index (χ2v) is 21.7. The van der Waals surface area contributed by atoms with Crippen LogP contribution in [0.3, 0.4) is 0 Å². The van der Waals surface area contributed by atoms with Gasteiger partial charge < -0.3 is 97.8 Å². The van der Waals surface area contributed by atoms with Crippen molar-refractivity contribution >= 4 is 66.2 Å². The molecule has 3 aliphatic heterocycles. The fourth-order valence-corrected chi connectivity index (χ4v) is 10.5. The van der Waals surface area contributed by atoms with Gasteiger partial charge in [0, 0.05) is 70.6 Å². The molecule has 6 rings (SSSR count). The number of benzene rings is 3. The molecular formula is C58H85Cl2N9O17. The van der Waals surface area contributed by atoms with E-state index in [9.17, 15) is 69.3 Å². The highest BCUT2D eigenvalue weighted by atomic mass is 35.5. The van der Waals surface area contributed by atoms with Gasteiger partial charge in [-0.3, -0.25) is 33.6 Å². The van der Waals surface area contributed by atoms with Crippen LogP contribution in [-0.4, -0.2) is 219 Å². The van der Waals surface area contributed by atoms with Crippen molar-refractivity contribution in [2.75, 3.05) is 59.7 Å². The molecule has 0 saturated carbocycles. The number of ether oxygens (including phenoxy) is 3. The third kappa shape index (κ3) is 19.5. The Hall–Kier alpha value is -6.43. The number of methoxy groups -OCH3 is 1. The number of unbranched alkanes of at least 4 members (excludes halogenated alkanes) is 4. The number of hydrogen-bond donors (Lipinski definition) is 14. The molecule has 26 nitrogen and oxygen atoms in total. The first kappa shape index (κ1) is 72.0. The van der Waals surface area contributed by atoms with Crippen LogP contribution in [0, 0.1) is 5.92 Å². The molecule has 0 aromatic heterocycles. The molecular weight excluding hydrogens is 1170 g/mol. The Kier molecular flexibility index (Phi) is 29.1. The second kappa shape index (κ2) is 34.8. The molecule has 0 unspecified atom stereocenters. The number of phenols is 1. The Bertz CT molecular complexity index is 2700. The summed E-state index contributed by atoms with van der Waals surface area (Å²) in [6, 6.07) is 6.92. The highest BCUT2D eigenvalue weighted by Crippen LogP contribution is 2.30. The predicted molar refractivity (Wildman–Crippen MR) is 318 cm³/mol. The minimum atomic E-state index is -2.03. The summed E-state index contributed by atoms with van der Waals surface area (Å²) < 4.78 is 16.5. The largest absolute Gasteiger partial charge is 0.504 e. The maximum atomic E-state index is 14.7. The summed E-state index contributed by atoms with van der Waals surface area (Å²) in [5, 5.41) is 91.1. The van der Waals surface area contributed by atoms with Gasteiger partial charge in [-0.05, 0) is 85.8 Å². The van der Waals surface area contributed by atoms with E-state index < -0.39 is 152 Å². The van der Waals surface area contributed by atoms with E-state index in [0.29, 0.717) is 12.4 Å². The molecule has 3 heterocycles. The van der Waals surface area contributed by atoms with Gasteiger partial charge in [0.15, 0.2) is 11.5 Å². The van der Waals surface area contributed by atoms with Crippen molar-refractivity contribution in [2.45, 2.75) is 145 Å². The molecule has 0 radical (unpaired) electrons. The lowest BCUT2D eigenvalue weighted by Crippen LogP contribution is -2.64. The summed E-state index contributed by atoms with van der Waals surface area (Å²) in [5.41, 5.74) is 13.3. The number of aliphatic hydroxyl groups is 6. The predicted octanol–water partition coefficient (Wildman–Crippen LogP) is -1.49. The Morgan fingerprint density at radius 1 is 0.686 bits per heavy atom. The first-order valence-corrected chi connectivity index (χ1v) is 28.5. The Morgan fingerprint density at radius 3 is 1.94 bits per heavy atom. The standard InChI is InChI=1S/C58H83N9O17.2ClH/c1-32-30-67-50(51(32)74)56(79)61-29-38(69)27-41(62-52(75)37-12-10-35(11-13-37)36-14-16-40(17-15-36)83-23-8-6-4-5-7-22-82-3)53(76)63-47(33(2)68)57(80)66-31-39(70)28-42(66)54(77)64-48(55(78)65-49(58(67)81)44(72)19-20-59)45(73)25-34-9-18-43(71)46(26-34)84-24-21-60;;/h9-18,26,32-33,38-39,41-42,44-45,47-51,68-74H,4-8,19-25,27-31,59-60H2,1-3H3,(H,61,79)(H,62,75)(H,63,76)(H,64,77)(H,65,78);2*1H/t32-,33+,38+,39+,41-,42-,44+,45+,47-,48-,49-,50-,51-;;/m0../s1. The number of rotatable bonds is 22. The number of aliphatic hydroxyl groups excluding tert-OH is 6. The number of hydrogen-bond acceptors (Lipinski definition) is 19. The van der Waals surface area contributed by atoms with E-state index in [1.807, 2.05) is 24.3 Å². The van der Waals surface area contributed by atoms with Gasteiger partial charge in [-0.1, -0.05) is 56.5 Å². The van der Waals surface area contributed by atoms with Crippen molar-refractivity contribution in [3.8, 4) is 28.4 Å². The smallest absolute Gasteiger partial charge is 0.251 e. The average molecular weight is 1250 g/mol. The number of aromatic hydroxyl groups is 1. The number of phenolic OH excluding ortho intramolecular Hbond substituents is 1. The molecule has 0 aliphatic carbocycles. The van der Waals surface area contributed by atoms with E-state index in [4.69, 9.17) is 25.7 Å². The summed E-state index contributed by atoms with van der Waals surface area (Å²) >= 11 is 0. The Balaban J connectivity index is 0.00000792. The monoisotopic (exact) mass is 1250 g/mol. The van der Waals surface area contributed by atoms with Crippen LogP contribution >= 0.6 is 24.8 Å². The number of nitrogens with zero attached hydrogens (tertiary/aromatic N) is 2. The molecule has 16 N–H and O–H groups in total. The summed E-state index contributed by atoms with van der Waals surface area (Å²) in [7, 11) is 1.69. The van der Waals surface area contributed by atoms with E-state index >= 15 is 0 Å². The molecule has 0 spiro atoms. The van der Waals surface area contributed by atoms with Gasteiger partial charge in [0.05, 0.1) is 43.2 Å². The average Bonchev–Trinajstić information content (AvgIpc) is 2.17. The molecule has 13 atom stereocenters. The van der Waals surface area contributed by atoms with Crippen LogP contribution in [0.2, 0.25) is 0 Å². The van der Waals surface area contributed by atoms with E-state index in [-0.39, 0.29) is 80.1 Å². The number of nitrogens with two attached hydrogens (primary N) is 2. The second-order valence-electron chi connectivity index (χ2n) is 21.7. The molecule has 3 aromatic rings. The van der Waals surface area contributed by atoms with Crippen molar-refractivity contribution in [3.05, 3.63) is 77.9 Å². The van der Waals surface area contributed by atoms with Crippen molar-refractivity contribution in [3.63, 3.8) is 0 Å². The first-order valence-electron chi connectivity index (χ1n) is 28.5. The minimum absolute atomic E-state index is 0. The van der Waals surface area contributed by atoms with E-state index in [2.05, 4.69) is 26.6 Å². The Labute approximate surface area is 511 Å². The fourth-order valence-electron chi connectivity index (χ4n) is 10.5. The molecule has 28 heteroatoms. The van der Waals surface area contributed by atoms with Gasteiger partial charge in [0.25, 0.3) is 5.91 Å². The summed E-state index contributed by atoms with van der Waals surface area (Å²) in [4.78, 5) is 103. The lowest BCUT2D eigenvalue weighted by molar-refractivity contribution is -0.147. The molecule has 3 aliphatic rings. The van der Waals surface area contributed by atoms with Gasteiger partial charge in [-0.25, -0.2) is 0 Å². The van der Waals surface area contributed by atoms with Gasteiger partial charge in [0.1, 0.15) is 48.6 Å².